The van der Waals surface area contributed by atoms with E-state index in [1.807, 2.05) is 24.0 Å². The molecule has 0 spiro atoms. The van der Waals surface area contributed by atoms with Gasteiger partial charge < -0.3 is 9.64 Å². The van der Waals surface area contributed by atoms with Gasteiger partial charge in [0.25, 0.3) is 5.91 Å². The molecule has 0 unspecified atom stereocenters. The van der Waals surface area contributed by atoms with Crippen LogP contribution in [0.3, 0.4) is 0 Å². The van der Waals surface area contributed by atoms with Gasteiger partial charge in [-0.3, -0.25) is 4.79 Å². The standard InChI is InChI=1S/C16H22ClNO2/c1-3-15(20-14-8-4-7-13(17)10-14)16(19)18-9-5-6-12(2)11-18/h4,7-8,10,12,15H,3,5-6,9,11H2,1-2H3/t12-,15-/m1/s1. The van der Waals surface area contributed by atoms with Crippen molar-refractivity contribution in [1.82, 2.24) is 4.90 Å². The molecule has 3 nitrogen and oxygen atoms in total. The van der Waals surface area contributed by atoms with E-state index in [4.69, 9.17) is 16.3 Å². The predicted molar refractivity (Wildman–Crippen MR) is 81.1 cm³/mol. The van der Waals surface area contributed by atoms with E-state index in [0.29, 0.717) is 23.1 Å². The first-order chi connectivity index (χ1) is 9.60. The van der Waals surface area contributed by atoms with Gasteiger partial charge in [0.2, 0.25) is 0 Å². The second-order valence-electron chi connectivity index (χ2n) is 5.50. The highest BCUT2D eigenvalue weighted by Crippen LogP contribution is 2.21. The van der Waals surface area contributed by atoms with Crippen molar-refractivity contribution in [1.29, 1.82) is 0 Å². The van der Waals surface area contributed by atoms with Crippen molar-refractivity contribution in [2.24, 2.45) is 5.92 Å². The molecule has 0 bridgehead atoms. The zero-order valence-electron chi connectivity index (χ0n) is 12.1. The molecule has 1 heterocycles. The lowest BCUT2D eigenvalue weighted by Gasteiger charge is -2.33. The van der Waals surface area contributed by atoms with E-state index in [0.717, 1.165) is 19.5 Å². The smallest absolute Gasteiger partial charge is 0.263 e. The SMILES string of the molecule is CC[C@@H](Oc1cccc(Cl)c1)C(=O)N1CCC[C@@H](C)C1. The molecular weight excluding hydrogens is 274 g/mol. The van der Waals surface area contributed by atoms with Crippen LogP contribution in [0.4, 0.5) is 0 Å². The van der Waals surface area contributed by atoms with E-state index in [9.17, 15) is 4.79 Å². The average Bonchev–Trinajstić information content (AvgIpc) is 2.44. The van der Waals surface area contributed by atoms with Crippen LogP contribution in [0.2, 0.25) is 5.02 Å². The molecule has 2 rings (SSSR count). The molecule has 0 N–H and O–H groups in total. The highest BCUT2D eigenvalue weighted by atomic mass is 35.5. The maximum Gasteiger partial charge on any atom is 0.263 e. The molecule has 0 aliphatic carbocycles. The number of ether oxygens (including phenoxy) is 1. The van der Waals surface area contributed by atoms with Gasteiger partial charge in [0, 0.05) is 18.1 Å². The Morgan fingerprint density at radius 3 is 3.00 bits per heavy atom. The van der Waals surface area contributed by atoms with E-state index in [1.54, 1.807) is 12.1 Å². The topological polar surface area (TPSA) is 29.5 Å². The third-order valence-electron chi connectivity index (χ3n) is 3.69. The summed E-state index contributed by atoms with van der Waals surface area (Å²) < 4.78 is 5.82. The Hall–Kier alpha value is -1.22. The largest absolute Gasteiger partial charge is 0.481 e. The minimum absolute atomic E-state index is 0.0963. The van der Waals surface area contributed by atoms with E-state index >= 15 is 0 Å². The van der Waals surface area contributed by atoms with Crippen molar-refractivity contribution in [2.75, 3.05) is 13.1 Å². The fraction of sp³-hybridized carbons (Fsp3) is 0.562. The predicted octanol–water partition coefficient (Wildman–Crippen LogP) is 3.76. The van der Waals surface area contributed by atoms with Gasteiger partial charge in [-0.05, 0) is 43.4 Å². The van der Waals surface area contributed by atoms with Crippen LogP contribution >= 0.6 is 11.6 Å². The van der Waals surface area contributed by atoms with Crippen molar-refractivity contribution in [3.63, 3.8) is 0 Å². The lowest BCUT2D eigenvalue weighted by Crippen LogP contribution is -2.46. The summed E-state index contributed by atoms with van der Waals surface area (Å²) >= 11 is 5.94. The van der Waals surface area contributed by atoms with E-state index in [2.05, 4.69) is 6.92 Å². The van der Waals surface area contributed by atoms with Crippen LogP contribution in [0.15, 0.2) is 24.3 Å². The Balaban J connectivity index is 2.02. The summed E-state index contributed by atoms with van der Waals surface area (Å²) in [7, 11) is 0. The Morgan fingerprint density at radius 1 is 1.55 bits per heavy atom. The number of likely N-dealkylation sites (tertiary alicyclic amines) is 1. The van der Waals surface area contributed by atoms with Gasteiger partial charge in [0.05, 0.1) is 0 Å². The molecule has 110 valence electrons. The van der Waals surface area contributed by atoms with Gasteiger partial charge >= 0.3 is 0 Å². The summed E-state index contributed by atoms with van der Waals surface area (Å²) in [6, 6.07) is 7.21. The summed E-state index contributed by atoms with van der Waals surface area (Å²) in [6.07, 6.45) is 2.53. The summed E-state index contributed by atoms with van der Waals surface area (Å²) in [5.41, 5.74) is 0. The maximum absolute atomic E-state index is 12.5. The molecule has 2 atom stereocenters. The molecule has 1 aliphatic heterocycles. The fourth-order valence-corrected chi connectivity index (χ4v) is 2.79. The number of halogens is 1. The Morgan fingerprint density at radius 2 is 2.35 bits per heavy atom. The molecule has 1 aliphatic rings. The minimum Gasteiger partial charge on any atom is -0.481 e. The molecule has 0 aromatic heterocycles. The van der Waals surface area contributed by atoms with Gasteiger partial charge in [0.15, 0.2) is 6.10 Å². The first-order valence-electron chi connectivity index (χ1n) is 7.31. The Bertz CT molecular complexity index is 464. The summed E-state index contributed by atoms with van der Waals surface area (Å²) in [5.74, 6) is 1.33. The van der Waals surface area contributed by atoms with Crippen molar-refractivity contribution in [3.05, 3.63) is 29.3 Å². The minimum atomic E-state index is -0.418. The van der Waals surface area contributed by atoms with Crippen LogP contribution in [0, 0.1) is 5.92 Å². The number of benzene rings is 1. The molecule has 0 saturated carbocycles. The van der Waals surface area contributed by atoms with Gasteiger partial charge in [0.1, 0.15) is 5.75 Å². The maximum atomic E-state index is 12.5. The van der Waals surface area contributed by atoms with Gasteiger partial charge in [-0.15, -0.1) is 0 Å². The second-order valence-corrected chi connectivity index (χ2v) is 5.94. The molecule has 4 heteroatoms. The third-order valence-corrected chi connectivity index (χ3v) is 3.92. The van der Waals surface area contributed by atoms with Gasteiger partial charge in [-0.2, -0.15) is 0 Å². The van der Waals surface area contributed by atoms with Crippen molar-refractivity contribution in [2.45, 2.75) is 39.2 Å². The van der Waals surface area contributed by atoms with Gasteiger partial charge in [-0.25, -0.2) is 0 Å². The number of amides is 1. The van der Waals surface area contributed by atoms with E-state index in [1.165, 1.54) is 6.42 Å². The van der Waals surface area contributed by atoms with Crippen LogP contribution in [-0.4, -0.2) is 30.0 Å². The summed E-state index contributed by atoms with van der Waals surface area (Å²) in [5, 5.41) is 0.622. The summed E-state index contributed by atoms with van der Waals surface area (Å²) in [4.78, 5) is 14.5. The third kappa shape index (κ3) is 3.89. The van der Waals surface area contributed by atoms with Crippen LogP contribution < -0.4 is 4.74 Å². The van der Waals surface area contributed by atoms with Crippen LogP contribution in [-0.2, 0) is 4.79 Å². The first-order valence-corrected chi connectivity index (χ1v) is 7.69. The molecule has 1 aromatic rings. The molecule has 1 aromatic carbocycles. The van der Waals surface area contributed by atoms with Crippen LogP contribution in [0.5, 0.6) is 5.75 Å². The van der Waals surface area contributed by atoms with Crippen LogP contribution in [0.25, 0.3) is 0 Å². The van der Waals surface area contributed by atoms with Crippen LogP contribution in [0.1, 0.15) is 33.1 Å². The second kappa shape index (κ2) is 6.98. The molecular formula is C16H22ClNO2. The molecule has 1 amide bonds. The number of hydrogen-bond donors (Lipinski definition) is 0. The van der Waals surface area contributed by atoms with Gasteiger partial charge in [-0.1, -0.05) is 31.5 Å². The monoisotopic (exact) mass is 295 g/mol. The normalized spacial score (nSPS) is 20.6. The number of rotatable bonds is 4. The average molecular weight is 296 g/mol. The molecule has 1 saturated heterocycles. The van der Waals surface area contributed by atoms with E-state index in [-0.39, 0.29) is 5.91 Å². The number of nitrogens with zero attached hydrogens (tertiary/aromatic N) is 1. The lowest BCUT2D eigenvalue weighted by molar-refractivity contribution is -0.140. The number of carbonyl (C=O) groups excluding carboxylic acids is 1. The van der Waals surface area contributed by atoms with Crippen molar-refractivity contribution < 1.29 is 9.53 Å². The van der Waals surface area contributed by atoms with Crippen molar-refractivity contribution in [3.8, 4) is 5.75 Å². The molecule has 0 radical (unpaired) electrons. The highest BCUT2D eigenvalue weighted by Gasteiger charge is 2.27. The number of piperidine rings is 1. The summed E-state index contributed by atoms with van der Waals surface area (Å²) in [6.45, 7) is 5.85. The zero-order chi connectivity index (χ0) is 14.5. The quantitative estimate of drug-likeness (QED) is 0.846. The van der Waals surface area contributed by atoms with E-state index < -0.39 is 6.10 Å². The van der Waals surface area contributed by atoms with Crippen molar-refractivity contribution >= 4 is 17.5 Å². The Labute approximate surface area is 125 Å². The lowest BCUT2D eigenvalue weighted by atomic mass is 9.99. The number of hydrogen-bond acceptors (Lipinski definition) is 2. The fourth-order valence-electron chi connectivity index (χ4n) is 2.61. The molecule has 1 fully saturated rings. The Kier molecular flexibility index (Phi) is 5.30. The highest BCUT2D eigenvalue weighted by molar-refractivity contribution is 6.30. The molecule has 20 heavy (non-hydrogen) atoms. The first kappa shape index (κ1) is 15.2. The zero-order valence-corrected chi connectivity index (χ0v) is 12.9. The number of carbonyl (C=O) groups is 1.